The maximum absolute atomic E-state index is 13.9. The van der Waals surface area contributed by atoms with Crippen molar-refractivity contribution in [1.82, 2.24) is 20.9 Å². The number of aromatic amines is 1. The van der Waals surface area contributed by atoms with Crippen molar-refractivity contribution in [3.8, 4) is 0 Å². The van der Waals surface area contributed by atoms with Crippen LogP contribution in [0.3, 0.4) is 0 Å². The van der Waals surface area contributed by atoms with Gasteiger partial charge in [-0.15, -0.1) is 0 Å². The lowest BCUT2D eigenvalue weighted by Crippen LogP contribution is -2.61. The average Bonchev–Trinajstić information content (AvgIpc) is 3.35. The third kappa shape index (κ3) is 5.74. The second kappa shape index (κ2) is 11.4. The number of carbonyl (C=O) groups excluding carboxylic acids is 2. The van der Waals surface area contributed by atoms with Crippen LogP contribution >= 0.6 is 0 Å². The van der Waals surface area contributed by atoms with E-state index in [-0.39, 0.29) is 24.3 Å². The molecule has 2 heterocycles. The van der Waals surface area contributed by atoms with Crippen LogP contribution in [0.15, 0.2) is 72.9 Å². The molecule has 2 amide bonds. The highest BCUT2D eigenvalue weighted by molar-refractivity contribution is 5.93. The van der Waals surface area contributed by atoms with E-state index in [0.717, 1.165) is 58.7 Å². The van der Waals surface area contributed by atoms with Crippen LogP contribution in [-0.2, 0) is 22.4 Å². The molecule has 1 aromatic heterocycles. The molecular formula is C31H36N4O3. The Morgan fingerprint density at radius 1 is 1.03 bits per heavy atom. The molecule has 38 heavy (non-hydrogen) atoms. The molecule has 2 atom stereocenters. The highest BCUT2D eigenvalue weighted by atomic mass is 16.3. The van der Waals surface area contributed by atoms with Gasteiger partial charge in [0.25, 0.3) is 0 Å². The number of benzene rings is 3. The Bertz CT molecular complexity index is 1420. The number of hydrogen-bond acceptors (Lipinski definition) is 4. The number of aliphatic hydroxyl groups excluding tert-OH is 1. The Morgan fingerprint density at radius 2 is 1.76 bits per heavy atom. The Labute approximate surface area is 223 Å². The molecule has 7 heteroatoms. The number of H-pyrrole nitrogens is 1. The zero-order chi connectivity index (χ0) is 26.5. The first-order chi connectivity index (χ1) is 18.4. The largest absolute Gasteiger partial charge is 0.394 e. The van der Waals surface area contributed by atoms with Crippen molar-refractivity contribution in [3.63, 3.8) is 0 Å². The van der Waals surface area contributed by atoms with Gasteiger partial charge in [-0.3, -0.25) is 9.59 Å². The Balaban J connectivity index is 1.38. The first-order valence-electron chi connectivity index (χ1n) is 13.4. The Kier molecular flexibility index (Phi) is 7.77. The van der Waals surface area contributed by atoms with Crippen molar-refractivity contribution < 1.29 is 14.7 Å². The minimum absolute atomic E-state index is 0.0953. The van der Waals surface area contributed by atoms with Gasteiger partial charge in [-0.1, -0.05) is 60.7 Å². The summed E-state index contributed by atoms with van der Waals surface area (Å²) in [6.45, 7) is 3.17. The molecule has 1 fully saturated rings. The minimum atomic E-state index is -1.18. The first-order valence-corrected chi connectivity index (χ1v) is 13.4. The highest BCUT2D eigenvalue weighted by Crippen LogP contribution is 2.23. The second-order valence-electron chi connectivity index (χ2n) is 10.6. The average molecular weight is 513 g/mol. The van der Waals surface area contributed by atoms with Crippen molar-refractivity contribution in [2.24, 2.45) is 5.92 Å². The van der Waals surface area contributed by atoms with Gasteiger partial charge in [0, 0.05) is 29.4 Å². The number of para-hydroxylation sites is 1. The van der Waals surface area contributed by atoms with Crippen LogP contribution in [0.25, 0.3) is 21.7 Å². The summed E-state index contributed by atoms with van der Waals surface area (Å²) < 4.78 is 0. The van der Waals surface area contributed by atoms with E-state index in [0.29, 0.717) is 12.8 Å². The van der Waals surface area contributed by atoms with E-state index in [1.807, 2.05) is 60.8 Å². The molecule has 0 unspecified atom stereocenters. The van der Waals surface area contributed by atoms with E-state index in [9.17, 15) is 14.7 Å². The number of aliphatic hydroxyl groups is 1. The second-order valence-corrected chi connectivity index (χ2v) is 10.6. The van der Waals surface area contributed by atoms with Crippen molar-refractivity contribution in [3.05, 3.63) is 84.1 Å². The normalized spacial score (nSPS) is 16.7. The van der Waals surface area contributed by atoms with Gasteiger partial charge in [-0.25, -0.2) is 0 Å². The molecule has 7 nitrogen and oxygen atoms in total. The Morgan fingerprint density at radius 3 is 2.55 bits per heavy atom. The molecule has 5 rings (SSSR count). The standard InChI is InChI=1S/C31H36N4O3/c1-31(35-29(37)23-12-14-32-15-13-23,18-21-10-11-22-6-2-3-7-24(22)16-21)30(38)34-26(20-36)17-25-19-33-28-9-5-4-8-27(25)28/h2-11,16,19,23,26,32-33,36H,12-15,17-18,20H2,1H3,(H,34,38)(H,35,37)/t26-,31-/m1/s1. The number of amides is 2. The third-order valence-corrected chi connectivity index (χ3v) is 7.68. The lowest BCUT2D eigenvalue weighted by atomic mass is 9.88. The van der Waals surface area contributed by atoms with Gasteiger partial charge in [0.2, 0.25) is 11.8 Å². The summed E-state index contributed by atoms with van der Waals surface area (Å²) >= 11 is 0. The molecule has 1 saturated heterocycles. The molecular weight excluding hydrogens is 476 g/mol. The molecule has 1 aliphatic rings. The summed E-state index contributed by atoms with van der Waals surface area (Å²) in [5.74, 6) is -0.520. The van der Waals surface area contributed by atoms with Gasteiger partial charge in [0.05, 0.1) is 12.6 Å². The lowest BCUT2D eigenvalue weighted by molar-refractivity contribution is -0.135. The molecule has 5 N–H and O–H groups in total. The van der Waals surface area contributed by atoms with Crippen LogP contribution < -0.4 is 16.0 Å². The quantitative estimate of drug-likeness (QED) is 0.237. The molecule has 1 aliphatic heterocycles. The molecule has 4 aromatic rings. The zero-order valence-electron chi connectivity index (χ0n) is 21.8. The van der Waals surface area contributed by atoms with Crippen molar-refractivity contribution in [2.75, 3.05) is 19.7 Å². The number of aromatic nitrogens is 1. The van der Waals surface area contributed by atoms with Crippen LogP contribution in [0.2, 0.25) is 0 Å². The molecule has 3 aromatic carbocycles. The maximum atomic E-state index is 13.9. The fourth-order valence-corrected chi connectivity index (χ4v) is 5.47. The van der Waals surface area contributed by atoms with Crippen molar-refractivity contribution >= 4 is 33.5 Å². The van der Waals surface area contributed by atoms with Gasteiger partial charge in [0.1, 0.15) is 5.54 Å². The lowest BCUT2D eigenvalue weighted by Gasteiger charge is -2.34. The third-order valence-electron chi connectivity index (χ3n) is 7.68. The topological polar surface area (TPSA) is 106 Å². The first kappa shape index (κ1) is 25.9. The molecule has 0 bridgehead atoms. The van der Waals surface area contributed by atoms with Crippen LogP contribution in [0.1, 0.15) is 30.9 Å². The molecule has 0 radical (unpaired) electrons. The Hall–Kier alpha value is -3.68. The number of piperidine rings is 1. The molecule has 0 spiro atoms. The summed E-state index contributed by atoms with van der Waals surface area (Å²) in [5, 5.41) is 22.9. The minimum Gasteiger partial charge on any atom is -0.394 e. The summed E-state index contributed by atoms with van der Waals surface area (Å²) in [4.78, 5) is 30.4. The maximum Gasteiger partial charge on any atom is 0.246 e. The van der Waals surface area contributed by atoms with Gasteiger partial charge < -0.3 is 26.0 Å². The van der Waals surface area contributed by atoms with E-state index in [1.165, 1.54) is 0 Å². The predicted octanol–water partition coefficient (Wildman–Crippen LogP) is 3.46. The number of hydrogen-bond donors (Lipinski definition) is 5. The van der Waals surface area contributed by atoms with E-state index in [2.05, 4.69) is 33.1 Å². The van der Waals surface area contributed by atoms with Crippen LogP contribution in [0.4, 0.5) is 0 Å². The number of carbonyl (C=O) groups is 2. The summed E-state index contributed by atoms with van der Waals surface area (Å²) in [6.07, 6.45) is 4.23. The van der Waals surface area contributed by atoms with E-state index in [4.69, 9.17) is 0 Å². The van der Waals surface area contributed by atoms with Crippen molar-refractivity contribution in [1.29, 1.82) is 0 Å². The van der Waals surface area contributed by atoms with E-state index in [1.54, 1.807) is 6.92 Å². The fraction of sp³-hybridized carbons (Fsp3) is 0.355. The SMILES string of the molecule is C[C@](Cc1ccc2ccccc2c1)(NC(=O)C1CCNCC1)C(=O)N[C@@H](CO)Cc1c[nH]c2ccccc12. The van der Waals surface area contributed by atoms with Gasteiger partial charge >= 0.3 is 0 Å². The van der Waals surface area contributed by atoms with Crippen LogP contribution in [-0.4, -0.2) is 53.2 Å². The van der Waals surface area contributed by atoms with E-state index >= 15 is 0 Å². The van der Waals surface area contributed by atoms with Gasteiger partial charge in [0.15, 0.2) is 0 Å². The van der Waals surface area contributed by atoms with E-state index < -0.39 is 11.6 Å². The zero-order valence-corrected chi connectivity index (χ0v) is 21.8. The van der Waals surface area contributed by atoms with Crippen LogP contribution in [0.5, 0.6) is 0 Å². The van der Waals surface area contributed by atoms with Gasteiger partial charge in [-0.05, 0) is 67.2 Å². The monoisotopic (exact) mass is 512 g/mol. The fourth-order valence-electron chi connectivity index (χ4n) is 5.47. The molecule has 0 aliphatic carbocycles. The number of fused-ring (bicyclic) bond motifs is 2. The molecule has 198 valence electrons. The van der Waals surface area contributed by atoms with Gasteiger partial charge in [-0.2, -0.15) is 0 Å². The number of nitrogens with one attached hydrogen (secondary N) is 4. The number of rotatable bonds is 9. The summed E-state index contributed by atoms with van der Waals surface area (Å²) in [5.41, 5.74) is 1.82. The molecule has 0 saturated carbocycles. The summed E-state index contributed by atoms with van der Waals surface area (Å²) in [7, 11) is 0. The predicted molar refractivity (Wildman–Crippen MR) is 151 cm³/mol. The van der Waals surface area contributed by atoms with Crippen LogP contribution in [0, 0.1) is 5.92 Å². The smallest absolute Gasteiger partial charge is 0.246 e. The summed E-state index contributed by atoms with van der Waals surface area (Å²) in [6, 6.07) is 21.7. The highest BCUT2D eigenvalue weighted by Gasteiger charge is 2.38. The van der Waals surface area contributed by atoms with Crippen molar-refractivity contribution in [2.45, 2.75) is 44.2 Å².